The van der Waals surface area contributed by atoms with E-state index in [0.717, 1.165) is 17.4 Å². The molecule has 0 fully saturated rings. The highest BCUT2D eigenvalue weighted by Gasteiger charge is 2.03. The maximum atomic E-state index is 5.20. The number of rotatable bonds is 3. The van der Waals surface area contributed by atoms with Gasteiger partial charge < -0.3 is 10.3 Å². The molecule has 21 heavy (non-hydrogen) atoms. The molecule has 110 valence electrons. The summed E-state index contributed by atoms with van der Waals surface area (Å²) in [5.74, 6) is 0.583. The lowest BCUT2D eigenvalue weighted by molar-refractivity contribution is 0.456. The molecule has 0 bridgehead atoms. The zero-order valence-corrected chi connectivity index (χ0v) is 12.8. The number of benzene rings is 2. The standard InChI is InChI=1S/C17H17NO.CH5N/c1-12(2)15-6-3-13(4-7-15)9-14-5-8-16-11-18-19-17(16)10-14;1-2/h3-8,10-12H,9H2,1-2H3;2H2,1H3. The average molecular weight is 282 g/mol. The second-order valence-corrected chi connectivity index (χ2v) is 5.27. The molecule has 0 atom stereocenters. The molecule has 1 heterocycles. The Morgan fingerprint density at radius 1 is 1.00 bits per heavy atom. The Bertz CT molecular complexity index is 684. The van der Waals surface area contributed by atoms with Gasteiger partial charge in [0.1, 0.15) is 0 Å². The second-order valence-electron chi connectivity index (χ2n) is 5.27. The zero-order valence-electron chi connectivity index (χ0n) is 12.8. The molecule has 0 radical (unpaired) electrons. The molecule has 2 aromatic carbocycles. The van der Waals surface area contributed by atoms with Crippen molar-refractivity contribution in [1.29, 1.82) is 0 Å². The number of hydrogen-bond donors (Lipinski definition) is 1. The Morgan fingerprint density at radius 2 is 1.67 bits per heavy atom. The van der Waals surface area contributed by atoms with Crippen LogP contribution in [0.1, 0.15) is 36.5 Å². The molecule has 0 saturated carbocycles. The van der Waals surface area contributed by atoms with Gasteiger partial charge in [0.15, 0.2) is 5.58 Å². The van der Waals surface area contributed by atoms with E-state index in [9.17, 15) is 0 Å². The number of nitrogens with zero attached hydrogens (tertiary/aromatic N) is 1. The topological polar surface area (TPSA) is 52.0 Å². The van der Waals surface area contributed by atoms with Gasteiger partial charge in [-0.15, -0.1) is 0 Å². The fraction of sp³-hybridized carbons (Fsp3) is 0.278. The van der Waals surface area contributed by atoms with E-state index < -0.39 is 0 Å². The Balaban J connectivity index is 0.000000774. The first-order chi connectivity index (χ1) is 10.2. The first-order valence-corrected chi connectivity index (χ1v) is 7.22. The molecule has 0 saturated heterocycles. The summed E-state index contributed by atoms with van der Waals surface area (Å²) in [6, 6.07) is 15.1. The van der Waals surface area contributed by atoms with Crippen molar-refractivity contribution >= 4 is 11.0 Å². The number of aromatic nitrogens is 1. The minimum Gasteiger partial charge on any atom is -0.356 e. The van der Waals surface area contributed by atoms with Gasteiger partial charge in [0.2, 0.25) is 0 Å². The quantitative estimate of drug-likeness (QED) is 0.786. The third kappa shape index (κ3) is 3.70. The molecule has 0 aliphatic heterocycles. The van der Waals surface area contributed by atoms with Crippen LogP contribution >= 0.6 is 0 Å². The third-order valence-electron chi connectivity index (χ3n) is 3.48. The predicted molar refractivity (Wildman–Crippen MR) is 87.5 cm³/mol. The van der Waals surface area contributed by atoms with Crippen molar-refractivity contribution < 1.29 is 4.52 Å². The summed E-state index contributed by atoms with van der Waals surface area (Å²) in [6.07, 6.45) is 2.67. The van der Waals surface area contributed by atoms with Crippen LogP contribution in [0.15, 0.2) is 53.2 Å². The van der Waals surface area contributed by atoms with Gasteiger partial charge in [0.25, 0.3) is 0 Å². The molecule has 0 amide bonds. The van der Waals surface area contributed by atoms with Crippen molar-refractivity contribution in [1.82, 2.24) is 5.16 Å². The lowest BCUT2D eigenvalue weighted by Crippen LogP contribution is -1.91. The first kappa shape index (κ1) is 15.3. The van der Waals surface area contributed by atoms with Gasteiger partial charge in [0.05, 0.1) is 6.20 Å². The van der Waals surface area contributed by atoms with Gasteiger partial charge in [-0.25, -0.2) is 0 Å². The number of nitrogens with two attached hydrogens (primary N) is 1. The van der Waals surface area contributed by atoms with Crippen LogP contribution in [0.3, 0.4) is 0 Å². The van der Waals surface area contributed by atoms with Crippen LogP contribution in [-0.2, 0) is 6.42 Å². The van der Waals surface area contributed by atoms with Crippen molar-refractivity contribution in [3.63, 3.8) is 0 Å². The fourth-order valence-electron chi connectivity index (χ4n) is 2.27. The lowest BCUT2D eigenvalue weighted by atomic mass is 9.99. The van der Waals surface area contributed by atoms with E-state index in [4.69, 9.17) is 4.52 Å². The van der Waals surface area contributed by atoms with Crippen molar-refractivity contribution in [3.05, 3.63) is 65.4 Å². The monoisotopic (exact) mass is 282 g/mol. The molecule has 0 spiro atoms. The highest BCUT2D eigenvalue weighted by Crippen LogP contribution is 2.19. The van der Waals surface area contributed by atoms with Gasteiger partial charge in [-0.2, -0.15) is 0 Å². The zero-order chi connectivity index (χ0) is 15.2. The fourth-order valence-corrected chi connectivity index (χ4v) is 2.27. The van der Waals surface area contributed by atoms with Crippen LogP contribution < -0.4 is 5.73 Å². The van der Waals surface area contributed by atoms with Gasteiger partial charge in [-0.05, 0) is 48.2 Å². The van der Waals surface area contributed by atoms with Gasteiger partial charge >= 0.3 is 0 Å². The minimum atomic E-state index is 0.583. The first-order valence-electron chi connectivity index (χ1n) is 7.22. The van der Waals surface area contributed by atoms with Crippen LogP contribution in [-0.4, -0.2) is 12.2 Å². The molecule has 3 heteroatoms. The summed E-state index contributed by atoms with van der Waals surface area (Å²) in [6.45, 7) is 4.43. The molecule has 0 aliphatic carbocycles. The Kier molecular flexibility index (Phi) is 5.12. The minimum absolute atomic E-state index is 0.583. The summed E-state index contributed by atoms with van der Waals surface area (Å²) in [5, 5.41) is 4.86. The van der Waals surface area contributed by atoms with Crippen molar-refractivity contribution in [2.45, 2.75) is 26.2 Å². The largest absolute Gasteiger partial charge is 0.356 e. The number of hydrogen-bond acceptors (Lipinski definition) is 3. The highest BCUT2D eigenvalue weighted by molar-refractivity contribution is 5.76. The van der Waals surface area contributed by atoms with E-state index in [0.29, 0.717) is 5.92 Å². The summed E-state index contributed by atoms with van der Waals surface area (Å²) in [4.78, 5) is 0. The van der Waals surface area contributed by atoms with Crippen molar-refractivity contribution in [2.24, 2.45) is 5.73 Å². The predicted octanol–water partition coefficient (Wildman–Crippen LogP) is 4.12. The van der Waals surface area contributed by atoms with Crippen molar-refractivity contribution in [3.8, 4) is 0 Å². The number of fused-ring (bicyclic) bond motifs is 1. The van der Waals surface area contributed by atoms with Crippen molar-refractivity contribution in [2.75, 3.05) is 7.05 Å². The molecule has 3 rings (SSSR count). The van der Waals surface area contributed by atoms with Crippen LogP contribution in [0, 0.1) is 0 Å². The maximum Gasteiger partial charge on any atom is 0.167 e. The van der Waals surface area contributed by atoms with Crippen LogP contribution in [0.4, 0.5) is 0 Å². The summed E-state index contributed by atoms with van der Waals surface area (Å²) < 4.78 is 5.20. The summed E-state index contributed by atoms with van der Waals surface area (Å²) in [5.41, 5.74) is 9.32. The van der Waals surface area contributed by atoms with Gasteiger partial charge in [-0.3, -0.25) is 0 Å². The van der Waals surface area contributed by atoms with E-state index in [1.807, 2.05) is 0 Å². The second kappa shape index (κ2) is 7.04. The molecule has 3 aromatic rings. The van der Waals surface area contributed by atoms with Gasteiger partial charge in [0, 0.05) is 5.39 Å². The Labute approximate surface area is 125 Å². The SMILES string of the molecule is CC(C)c1ccc(Cc2ccc3cnoc3c2)cc1.CN. The highest BCUT2D eigenvalue weighted by atomic mass is 16.5. The molecule has 1 aromatic heterocycles. The molecule has 0 unspecified atom stereocenters. The molecular weight excluding hydrogens is 260 g/mol. The van der Waals surface area contributed by atoms with Crippen LogP contribution in [0.25, 0.3) is 11.0 Å². The van der Waals surface area contributed by atoms with E-state index >= 15 is 0 Å². The molecule has 3 nitrogen and oxygen atoms in total. The van der Waals surface area contributed by atoms with Crippen LogP contribution in [0.2, 0.25) is 0 Å². The molecule has 0 aliphatic rings. The molecular formula is C18H22N2O. The molecule has 2 N–H and O–H groups in total. The smallest absolute Gasteiger partial charge is 0.167 e. The van der Waals surface area contributed by atoms with Crippen LogP contribution in [0.5, 0.6) is 0 Å². The van der Waals surface area contributed by atoms with Gasteiger partial charge in [-0.1, -0.05) is 49.3 Å². The Morgan fingerprint density at radius 3 is 2.33 bits per heavy atom. The summed E-state index contributed by atoms with van der Waals surface area (Å²) >= 11 is 0. The third-order valence-corrected chi connectivity index (χ3v) is 3.48. The average Bonchev–Trinajstić information content (AvgIpc) is 2.97. The maximum absolute atomic E-state index is 5.20. The van der Waals surface area contributed by atoms with E-state index in [2.05, 4.69) is 67.2 Å². The van der Waals surface area contributed by atoms with E-state index in [1.165, 1.54) is 23.7 Å². The normalized spacial score (nSPS) is 10.5. The summed E-state index contributed by atoms with van der Waals surface area (Å²) in [7, 11) is 1.50. The Hall–Kier alpha value is -2.13. The van der Waals surface area contributed by atoms with E-state index in [-0.39, 0.29) is 0 Å². The van der Waals surface area contributed by atoms with E-state index in [1.54, 1.807) is 6.20 Å². The lowest BCUT2D eigenvalue weighted by Gasteiger charge is -2.07.